The van der Waals surface area contributed by atoms with E-state index in [9.17, 15) is 0 Å². The number of rotatable bonds is 3. The van der Waals surface area contributed by atoms with Gasteiger partial charge in [0.1, 0.15) is 6.10 Å². The third-order valence-corrected chi connectivity index (χ3v) is 4.24. The number of aromatic nitrogens is 2. The molecule has 16 heavy (non-hydrogen) atoms. The molecule has 1 aliphatic carbocycles. The Labute approximate surface area is 98.1 Å². The summed E-state index contributed by atoms with van der Waals surface area (Å²) in [6.45, 7) is 1.36. The number of ether oxygens (including phenoxy) is 1. The highest BCUT2D eigenvalue weighted by atomic mass is 32.2. The molecule has 88 valence electrons. The van der Waals surface area contributed by atoms with Crippen molar-refractivity contribution in [2.45, 2.75) is 24.4 Å². The monoisotopic (exact) mass is 241 g/mol. The molecular formula is C10H15N3O2S. The van der Waals surface area contributed by atoms with Crippen LogP contribution >= 0.6 is 11.8 Å². The van der Waals surface area contributed by atoms with E-state index in [0.29, 0.717) is 18.3 Å². The standard InChI is InChI=1S/C10H15N3O2S/c11-6-10(1-2-10)9-12-8(13-15-9)7-5-16-4-3-14-7/h7H,1-6,11H2. The Hall–Kier alpha value is -0.590. The van der Waals surface area contributed by atoms with Crippen LogP contribution in [0.1, 0.15) is 30.7 Å². The van der Waals surface area contributed by atoms with Gasteiger partial charge in [-0.25, -0.2) is 0 Å². The number of hydrogen-bond donors (Lipinski definition) is 1. The Kier molecular flexibility index (Phi) is 2.65. The predicted octanol–water partition coefficient (Wildman–Crippen LogP) is 0.864. The quantitative estimate of drug-likeness (QED) is 0.846. The van der Waals surface area contributed by atoms with Crippen LogP contribution < -0.4 is 5.73 Å². The Bertz CT molecular complexity index is 372. The lowest BCUT2D eigenvalue weighted by molar-refractivity contribution is 0.0677. The molecule has 6 heteroatoms. The Morgan fingerprint density at radius 3 is 3.00 bits per heavy atom. The number of nitrogens with two attached hydrogens (primary N) is 1. The maximum absolute atomic E-state index is 5.73. The highest BCUT2D eigenvalue weighted by Gasteiger charge is 2.48. The first-order valence-corrected chi connectivity index (χ1v) is 6.73. The van der Waals surface area contributed by atoms with E-state index in [-0.39, 0.29) is 11.5 Å². The molecule has 2 aliphatic rings. The summed E-state index contributed by atoms with van der Waals surface area (Å²) in [7, 11) is 0. The van der Waals surface area contributed by atoms with Gasteiger partial charge in [-0.2, -0.15) is 16.7 Å². The minimum absolute atomic E-state index is 0.00942. The van der Waals surface area contributed by atoms with E-state index in [4.69, 9.17) is 15.0 Å². The molecule has 0 aromatic carbocycles. The zero-order chi connectivity index (χ0) is 11.0. The van der Waals surface area contributed by atoms with Crippen molar-refractivity contribution in [3.63, 3.8) is 0 Å². The van der Waals surface area contributed by atoms with Gasteiger partial charge in [0.2, 0.25) is 11.7 Å². The lowest BCUT2D eigenvalue weighted by Crippen LogP contribution is -2.21. The first kappa shape index (κ1) is 10.6. The fraction of sp³-hybridized carbons (Fsp3) is 0.800. The van der Waals surface area contributed by atoms with Gasteiger partial charge in [-0.15, -0.1) is 0 Å². The van der Waals surface area contributed by atoms with Crippen LogP contribution in [0.4, 0.5) is 0 Å². The van der Waals surface area contributed by atoms with E-state index in [1.54, 1.807) is 0 Å². The molecule has 1 aromatic heterocycles. The molecule has 1 saturated carbocycles. The Morgan fingerprint density at radius 2 is 2.38 bits per heavy atom. The van der Waals surface area contributed by atoms with Gasteiger partial charge in [0.05, 0.1) is 12.0 Å². The average Bonchev–Trinajstić information content (AvgIpc) is 3.00. The van der Waals surface area contributed by atoms with Crippen molar-refractivity contribution in [1.82, 2.24) is 10.1 Å². The lowest BCUT2D eigenvalue weighted by Gasteiger charge is -2.18. The molecule has 1 atom stereocenters. The minimum Gasteiger partial charge on any atom is -0.368 e. The molecule has 1 aromatic rings. The predicted molar refractivity (Wildman–Crippen MR) is 60.3 cm³/mol. The molecule has 0 spiro atoms. The molecule has 1 saturated heterocycles. The van der Waals surface area contributed by atoms with Gasteiger partial charge in [-0.1, -0.05) is 5.16 Å². The first-order chi connectivity index (χ1) is 7.84. The summed E-state index contributed by atoms with van der Waals surface area (Å²) < 4.78 is 10.9. The molecule has 0 bridgehead atoms. The molecule has 3 rings (SSSR count). The summed E-state index contributed by atoms with van der Waals surface area (Å²) in [5.74, 6) is 3.34. The second kappa shape index (κ2) is 4.01. The second-order valence-corrected chi connectivity index (χ2v) is 5.53. The van der Waals surface area contributed by atoms with E-state index in [0.717, 1.165) is 31.0 Å². The Morgan fingerprint density at radius 1 is 1.50 bits per heavy atom. The van der Waals surface area contributed by atoms with Crippen molar-refractivity contribution in [3.05, 3.63) is 11.7 Å². The van der Waals surface area contributed by atoms with Crippen LogP contribution in [0.3, 0.4) is 0 Å². The normalized spacial score (nSPS) is 27.9. The number of hydrogen-bond acceptors (Lipinski definition) is 6. The maximum atomic E-state index is 5.73. The van der Waals surface area contributed by atoms with E-state index >= 15 is 0 Å². The van der Waals surface area contributed by atoms with Crippen molar-refractivity contribution in [2.24, 2.45) is 5.73 Å². The zero-order valence-electron chi connectivity index (χ0n) is 9.02. The van der Waals surface area contributed by atoms with Crippen LogP contribution in [-0.4, -0.2) is 34.8 Å². The highest BCUT2D eigenvalue weighted by Crippen LogP contribution is 2.46. The third kappa shape index (κ3) is 1.74. The van der Waals surface area contributed by atoms with Gasteiger partial charge >= 0.3 is 0 Å². The van der Waals surface area contributed by atoms with Crippen LogP contribution in [-0.2, 0) is 10.2 Å². The molecule has 5 nitrogen and oxygen atoms in total. The van der Waals surface area contributed by atoms with E-state index in [1.165, 1.54) is 0 Å². The van der Waals surface area contributed by atoms with E-state index < -0.39 is 0 Å². The second-order valence-electron chi connectivity index (χ2n) is 4.38. The van der Waals surface area contributed by atoms with Gasteiger partial charge in [-0.05, 0) is 12.8 Å². The van der Waals surface area contributed by atoms with Gasteiger partial charge in [0.15, 0.2) is 0 Å². The molecule has 2 N–H and O–H groups in total. The van der Waals surface area contributed by atoms with Crippen molar-refractivity contribution >= 4 is 11.8 Å². The maximum Gasteiger partial charge on any atom is 0.234 e. The molecule has 1 unspecified atom stereocenters. The highest BCUT2D eigenvalue weighted by molar-refractivity contribution is 7.99. The summed E-state index contributed by atoms with van der Waals surface area (Å²) in [5, 5.41) is 4.01. The topological polar surface area (TPSA) is 74.2 Å². The summed E-state index contributed by atoms with van der Waals surface area (Å²) in [4.78, 5) is 4.44. The summed E-state index contributed by atoms with van der Waals surface area (Å²) in [6, 6.07) is 0. The molecule has 2 heterocycles. The molecular weight excluding hydrogens is 226 g/mol. The largest absolute Gasteiger partial charge is 0.368 e. The van der Waals surface area contributed by atoms with Crippen molar-refractivity contribution in [3.8, 4) is 0 Å². The summed E-state index contributed by atoms with van der Waals surface area (Å²) >= 11 is 1.86. The third-order valence-electron chi connectivity index (χ3n) is 3.24. The molecule has 0 amide bonds. The van der Waals surface area contributed by atoms with Gasteiger partial charge < -0.3 is 15.0 Å². The summed E-state index contributed by atoms with van der Waals surface area (Å²) in [6.07, 6.45) is 2.11. The molecule has 2 fully saturated rings. The fourth-order valence-electron chi connectivity index (χ4n) is 1.87. The number of thioether (sulfide) groups is 1. The molecule has 1 aliphatic heterocycles. The van der Waals surface area contributed by atoms with Crippen molar-refractivity contribution < 1.29 is 9.26 Å². The Balaban J connectivity index is 1.77. The van der Waals surface area contributed by atoms with Gasteiger partial charge in [0.25, 0.3) is 0 Å². The smallest absolute Gasteiger partial charge is 0.234 e. The van der Waals surface area contributed by atoms with Gasteiger partial charge in [0, 0.05) is 18.1 Å². The number of nitrogens with zero attached hydrogens (tertiary/aromatic N) is 2. The van der Waals surface area contributed by atoms with E-state index in [2.05, 4.69) is 10.1 Å². The van der Waals surface area contributed by atoms with Crippen molar-refractivity contribution in [2.75, 3.05) is 24.7 Å². The van der Waals surface area contributed by atoms with Crippen molar-refractivity contribution in [1.29, 1.82) is 0 Å². The van der Waals surface area contributed by atoms with Crippen LogP contribution in [0, 0.1) is 0 Å². The van der Waals surface area contributed by atoms with Crippen LogP contribution in [0.15, 0.2) is 4.52 Å². The minimum atomic E-state index is -0.0208. The van der Waals surface area contributed by atoms with Gasteiger partial charge in [-0.3, -0.25) is 0 Å². The summed E-state index contributed by atoms with van der Waals surface area (Å²) in [5.41, 5.74) is 5.70. The average molecular weight is 241 g/mol. The van der Waals surface area contributed by atoms with Crippen LogP contribution in [0.2, 0.25) is 0 Å². The van der Waals surface area contributed by atoms with E-state index in [1.807, 2.05) is 11.8 Å². The van der Waals surface area contributed by atoms with Crippen LogP contribution in [0.25, 0.3) is 0 Å². The zero-order valence-corrected chi connectivity index (χ0v) is 9.83. The lowest BCUT2D eigenvalue weighted by atomic mass is 10.1. The first-order valence-electron chi connectivity index (χ1n) is 5.58. The SMILES string of the molecule is NCC1(c2nc(C3CSCCO3)no2)CC1. The van der Waals surface area contributed by atoms with Crippen LogP contribution in [0.5, 0.6) is 0 Å². The fourth-order valence-corrected chi connectivity index (χ4v) is 2.71. The molecule has 0 radical (unpaired) electrons.